The van der Waals surface area contributed by atoms with Crippen LogP contribution in [0.4, 0.5) is 5.69 Å². The number of hydrogen-bond acceptors (Lipinski definition) is 3. The minimum Gasteiger partial charge on any atom is -0.398 e. The van der Waals surface area contributed by atoms with Crippen LogP contribution in [0, 0.1) is 6.92 Å². The molecule has 0 radical (unpaired) electrons. The summed E-state index contributed by atoms with van der Waals surface area (Å²) in [6.07, 6.45) is 0. The van der Waals surface area contributed by atoms with Gasteiger partial charge in [-0.3, -0.25) is 4.79 Å². The Hall–Kier alpha value is -2.33. The third-order valence-electron chi connectivity index (χ3n) is 3.50. The predicted molar refractivity (Wildman–Crippen MR) is 88.6 cm³/mol. The summed E-state index contributed by atoms with van der Waals surface area (Å²) in [6.45, 7) is 2.43. The van der Waals surface area contributed by atoms with Crippen LogP contribution in [0.15, 0.2) is 48.5 Å². The number of benzene rings is 2. The number of aryl methyl sites for hydroxylation is 1. The lowest BCUT2D eigenvalue weighted by molar-refractivity contribution is 0.0955. The molecule has 1 heterocycles. The van der Waals surface area contributed by atoms with Crippen molar-refractivity contribution in [1.29, 1.82) is 0 Å². The molecule has 0 aliphatic rings. The van der Waals surface area contributed by atoms with Gasteiger partial charge in [0.1, 0.15) is 0 Å². The van der Waals surface area contributed by atoms with E-state index in [1.807, 2.05) is 31.2 Å². The number of fused-ring (bicyclic) bond motifs is 1. The molecule has 3 N–H and O–H groups in total. The maximum atomic E-state index is 12.2. The van der Waals surface area contributed by atoms with E-state index in [1.54, 1.807) is 6.07 Å². The summed E-state index contributed by atoms with van der Waals surface area (Å²) in [5.41, 5.74) is 7.58. The van der Waals surface area contributed by atoms with E-state index < -0.39 is 0 Å². The van der Waals surface area contributed by atoms with Crippen LogP contribution in [0.2, 0.25) is 0 Å². The number of hydrogen-bond donors (Lipinski definition) is 2. The standard InChI is InChI=1S/C17H16N2OS/c1-11-15(18)9-16(21-11)17(20)19-10-13-7-4-6-12-5-2-3-8-14(12)13/h2-9H,10,18H2,1H3,(H,19,20). The van der Waals surface area contributed by atoms with Crippen LogP contribution in [0.25, 0.3) is 10.8 Å². The minimum atomic E-state index is -0.0762. The van der Waals surface area contributed by atoms with E-state index in [0.29, 0.717) is 17.1 Å². The van der Waals surface area contributed by atoms with Crippen molar-refractivity contribution >= 4 is 33.7 Å². The Balaban J connectivity index is 1.79. The number of thiophene rings is 1. The number of amides is 1. The average Bonchev–Trinajstić information content (AvgIpc) is 2.84. The second-order valence-corrected chi connectivity index (χ2v) is 6.20. The number of nitrogens with two attached hydrogens (primary N) is 1. The quantitative estimate of drug-likeness (QED) is 0.774. The zero-order chi connectivity index (χ0) is 14.8. The predicted octanol–water partition coefficient (Wildman–Crippen LogP) is 3.72. The average molecular weight is 296 g/mol. The first-order valence-corrected chi connectivity index (χ1v) is 7.57. The summed E-state index contributed by atoms with van der Waals surface area (Å²) >= 11 is 1.42. The molecule has 0 saturated carbocycles. The molecule has 1 amide bonds. The van der Waals surface area contributed by atoms with Crippen LogP contribution in [0.3, 0.4) is 0 Å². The van der Waals surface area contributed by atoms with Crippen molar-refractivity contribution in [1.82, 2.24) is 5.32 Å². The van der Waals surface area contributed by atoms with Gasteiger partial charge in [0.2, 0.25) is 0 Å². The molecule has 106 valence electrons. The highest BCUT2D eigenvalue weighted by Crippen LogP contribution is 2.23. The Labute approximate surface area is 127 Å². The SMILES string of the molecule is Cc1sc(C(=O)NCc2cccc3ccccc23)cc1N. The van der Waals surface area contributed by atoms with E-state index in [0.717, 1.165) is 10.4 Å². The molecule has 2 aromatic carbocycles. The molecule has 0 unspecified atom stereocenters. The minimum absolute atomic E-state index is 0.0762. The molecule has 0 fully saturated rings. The first-order chi connectivity index (χ1) is 10.1. The molecular formula is C17H16N2OS. The van der Waals surface area contributed by atoms with Crippen molar-refractivity contribution in [2.45, 2.75) is 13.5 Å². The van der Waals surface area contributed by atoms with Gasteiger partial charge >= 0.3 is 0 Å². The molecule has 0 spiro atoms. The van der Waals surface area contributed by atoms with Crippen molar-refractivity contribution < 1.29 is 4.79 Å². The van der Waals surface area contributed by atoms with Gasteiger partial charge in [0.25, 0.3) is 5.91 Å². The Morgan fingerprint density at radius 1 is 1.19 bits per heavy atom. The zero-order valence-electron chi connectivity index (χ0n) is 11.7. The van der Waals surface area contributed by atoms with Gasteiger partial charge in [-0.25, -0.2) is 0 Å². The van der Waals surface area contributed by atoms with Gasteiger partial charge in [-0.05, 0) is 29.3 Å². The summed E-state index contributed by atoms with van der Waals surface area (Å²) in [5, 5.41) is 5.31. The van der Waals surface area contributed by atoms with Crippen LogP contribution in [-0.2, 0) is 6.54 Å². The first kappa shape index (κ1) is 13.6. The number of rotatable bonds is 3. The van der Waals surface area contributed by atoms with Crippen molar-refractivity contribution in [2.24, 2.45) is 0 Å². The van der Waals surface area contributed by atoms with Crippen LogP contribution in [-0.4, -0.2) is 5.91 Å². The molecule has 0 aliphatic heterocycles. The first-order valence-electron chi connectivity index (χ1n) is 6.76. The Morgan fingerprint density at radius 3 is 2.71 bits per heavy atom. The normalized spacial score (nSPS) is 10.7. The van der Waals surface area contributed by atoms with Gasteiger partial charge in [0.15, 0.2) is 0 Å². The fourth-order valence-electron chi connectivity index (χ4n) is 2.32. The molecule has 21 heavy (non-hydrogen) atoms. The molecule has 3 rings (SSSR count). The summed E-state index contributed by atoms with van der Waals surface area (Å²) in [5.74, 6) is -0.0762. The molecular weight excluding hydrogens is 280 g/mol. The van der Waals surface area contributed by atoms with E-state index >= 15 is 0 Å². The number of carbonyl (C=O) groups is 1. The van der Waals surface area contributed by atoms with Crippen molar-refractivity contribution in [3.8, 4) is 0 Å². The molecule has 4 heteroatoms. The molecule has 1 aromatic heterocycles. The lowest BCUT2D eigenvalue weighted by Gasteiger charge is -2.07. The second-order valence-electron chi connectivity index (χ2n) is 4.94. The third kappa shape index (κ3) is 2.76. The number of carbonyl (C=O) groups excluding carboxylic acids is 1. The summed E-state index contributed by atoms with van der Waals surface area (Å²) < 4.78 is 0. The molecule has 0 saturated heterocycles. The van der Waals surface area contributed by atoms with Gasteiger partial charge in [-0.1, -0.05) is 42.5 Å². The lowest BCUT2D eigenvalue weighted by atomic mass is 10.0. The lowest BCUT2D eigenvalue weighted by Crippen LogP contribution is -2.21. The van der Waals surface area contributed by atoms with Gasteiger partial charge < -0.3 is 11.1 Å². The second kappa shape index (κ2) is 5.58. The maximum Gasteiger partial charge on any atom is 0.261 e. The molecule has 3 aromatic rings. The molecule has 0 bridgehead atoms. The molecule has 0 atom stereocenters. The highest BCUT2D eigenvalue weighted by molar-refractivity contribution is 7.14. The smallest absolute Gasteiger partial charge is 0.261 e. The van der Waals surface area contributed by atoms with Crippen LogP contribution >= 0.6 is 11.3 Å². The van der Waals surface area contributed by atoms with E-state index in [1.165, 1.54) is 22.1 Å². The van der Waals surface area contributed by atoms with Gasteiger partial charge in [-0.2, -0.15) is 0 Å². The zero-order valence-corrected chi connectivity index (χ0v) is 12.5. The highest BCUT2D eigenvalue weighted by atomic mass is 32.1. The summed E-state index contributed by atoms with van der Waals surface area (Å²) in [7, 11) is 0. The largest absolute Gasteiger partial charge is 0.398 e. The number of nitrogens with one attached hydrogen (secondary N) is 1. The van der Waals surface area contributed by atoms with Gasteiger partial charge in [0.05, 0.1) is 4.88 Å². The number of nitrogen functional groups attached to an aromatic ring is 1. The van der Waals surface area contributed by atoms with Gasteiger partial charge in [-0.15, -0.1) is 11.3 Å². The van der Waals surface area contributed by atoms with E-state index in [9.17, 15) is 4.79 Å². The third-order valence-corrected chi connectivity index (χ3v) is 4.56. The molecule has 0 aliphatic carbocycles. The van der Waals surface area contributed by atoms with Crippen molar-refractivity contribution in [2.75, 3.05) is 5.73 Å². The van der Waals surface area contributed by atoms with Crippen LogP contribution < -0.4 is 11.1 Å². The van der Waals surface area contributed by atoms with Crippen LogP contribution in [0.5, 0.6) is 0 Å². The van der Waals surface area contributed by atoms with Crippen molar-refractivity contribution in [3.63, 3.8) is 0 Å². The summed E-state index contributed by atoms with van der Waals surface area (Å²) in [4.78, 5) is 13.8. The Bertz CT molecular complexity index is 783. The fourth-order valence-corrected chi connectivity index (χ4v) is 3.17. The van der Waals surface area contributed by atoms with E-state index in [2.05, 4.69) is 23.5 Å². The van der Waals surface area contributed by atoms with Crippen LogP contribution in [0.1, 0.15) is 20.1 Å². The molecule has 3 nitrogen and oxygen atoms in total. The van der Waals surface area contributed by atoms with Gasteiger partial charge in [0, 0.05) is 17.1 Å². The van der Waals surface area contributed by atoms with E-state index in [4.69, 9.17) is 5.73 Å². The fraction of sp³-hybridized carbons (Fsp3) is 0.118. The monoisotopic (exact) mass is 296 g/mol. The highest BCUT2D eigenvalue weighted by Gasteiger charge is 2.11. The Kier molecular flexibility index (Phi) is 3.62. The Morgan fingerprint density at radius 2 is 1.95 bits per heavy atom. The topological polar surface area (TPSA) is 55.1 Å². The summed E-state index contributed by atoms with van der Waals surface area (Å²) in [6, 6.07) is 16.0. The van der Waals surface area contributed by atoms with E-state index in [-0.39, 0.29) is 5.91 Å². The van der Waals surface area contributed by atoms with Crippen molar-refractivity contribution in [3.05, 3.63) is 63.8 Å². The maximum absolute atomic E-state index is 12.2. The number of anilines is 1.